The summed E-state index contributed by atoms with van der Waals surface area (Å²) in [6, 6.07) is 8.48. The van der Waals surface area contributed by atoms with Crippen LogP contribution in [0.5, 0.6) is 0 Å². The van der Waals surface area contributed by atoms with Gasteiger partial charge in [0.25, 0.3) is 0 Å². The van der Waals surface area contributed by atoms with Crippen LogP contribution in [-0.2, 0) is 11.2 Å². The highest BCUT2D eigenvalue weighted by Gasteiger charge is 2.10. The van der Waals surface area contributed by atoms with Crippen molar-refractivity contribution in [3.8, 4) is 0 Å². The first-order valence-electron chi connectivity index (χ1n) is 7.70. The third-order valence-electron chi connectivity index (χ3n) is 3.77. The van der Waals surface area contributed by atoms with Crippen LogP contribution in [0.25, 0.3) is 10.2 Å². The maximum Gasteiger partial charge on any atom is 0.220 e. The molecule has 0 saturated heterocycles. The number of carbonyl (C=O) groups excluding carboxylic acids is 1. The van der Waals surface area contributed by atoms with E-state index >= 15 is 0 Å². The van der Waals surface area contributed by atoms with Gasteiger partial charge in [0.05, 0.1) is 15.2 Å². The number of nitrogens with zero attached hydrogens (tertiary/aromatic N) is 1. The molecule has 0 saturated carbocycles. The summed E-state index contributed by atoms with van der Waals surface area (Å²) in [6.45, 7) is 6.31. The van der Waals surface area contributed by atoms with Crippen molar-refractivity contribution >= 4 is 27.5 Å². The van der Waals surface area contributed by atoms with Crippen LogP contribution in [0.3, 0.4) is 0 Å². The summed E-state index contributed by atoms with van der Waals surface area (Å²) in [6.07, 6.45) is 3.52. The lowest BCUT2D eigenvalue weighted by Crippen LogP contribution is -2.35. The zero-order valence-electron chi connectivity index (χ0n) is 13.1. The normalized spacial score (nSPS) is 12.8. The number of nitrogens with one attached hydrogen (secondary N) is 1. The molecule has 1 heterocycles. The summed E-state index contributed by atoms with van der Waals surface area (Å²) in [5, 5.41) is 4.22. The zero-order chi connectivity index (χ0) is 15.2. The quantitative estimate of drug-likeness (QED) is 0.780. The van der Waals surface area contributed by atoms with E-state index in [9.17, 15) is 4.79 Å². The Balaban J connectivity index is 1.71. The molecule has 3 nitrogen and oxygen atoms in total. The Morgan fingerprint density at radius 3 is 2.71 bits per heavy atom. The third kappa shape index (κ3) is 4.81. The average molecular weight is 304 g/mol. The minimum atomic E-state index is 0.167. The van der Waals surface area contributed by atoms with Crippen molar-refractivity contribution < 1.29 is 4.79 Å². The summed E-state index contributed by atoms with van der Waals surface area (Å²) in [4.78, 5) is 16.4. The molecule has 2 aromatic rings. The van der Waals surface area contributed by atoms with Gasteiger partial charge in [-0.05, 0) is 44.2 Å². The molecule has 0 aliphatic heterocycles. The first kappa shape index (κ1) is 16.0. The molecule has 1 unspecified atom stereocenters. The number of carbonyl (C=O) groups is 1. The smallest absolute Gasteiger partial charge is 0.220 e. The van der Waals surface area contributed by atoms with Crippen molar-refractivity contribution in [2.24, 2.45) is 5.92 Å². The van der Waals surface area contributed by atoms with E-state index in [-0.39, 0.29) is 11.9 Å². The maximum absolute atomic E-state index is 11.8. The van der Waals surface area contributed by atoms with Crippen LogP contribution in [0.2, 0.25) is 0 Å². The Labute approximate surface area is 130 Å². The second-order valence-electron chi connectivity index (χ2n) is 5.88. The average Bonchev–Trinajstić information content (AvgIpc) is 2.86. The lowest BCUT2D eigenvalue weighted by molar-refractivity contribution is -0.122. The van der Waals surface area contributed by atoms with Crippen LogP contribution in [0, 0.1) is 5.92 Å². The first-order valence-corrected chi connectivity index (χ1v) is 8.51. The van der Waals surface area contributed by atoms with Crippen LogP contribution < -0.4 is 5.32 Å². The number of para-hydroxylation sites is 1. The van der Waals surface area contributed by atoms with Gasteiger partial charge in [-0.25, -0.2) is 4.98 Å². The molecule has 0 aliphatic rings. The van der Waals surface area contributed by atoms with Crippen molar-refractivity contribution in [3.63, 3.8) is 0 Å². The molecule has 0 radical (unpaired) electrons. The van der Waals surface area contributed by atoms with E-state index < -0.39 is 0 Å². The summed E-state index contributed by atoms with van der Waals surface area (Å²) in [5.41, 5.74) is 1.08. The number of thiazole rings is 1. The molecule has 1 aromatic carbocycles. The number of fused-ring (bicyclic) bond motifs is 1. The maximum atomic E-state index is 11.8. The van der Waals surface area contributed by atoms with Gasteiger partial charge >= 0.3 is 0 Å². The SMILES string of the molecule is CC(C)C(C)NC(=O)CCCCc1nc2ccccc2s1. The minimum Gasteiger partial charge on any atom is -0.353 e. The van der Waals surface area contributed by atoms with Crippen LogP contribution in [0.15, 0.2) is 24.3 Å². The Morgan fingerprint density at radius 2 is 2.00 bits per heavy atom. The largest absolute Gasteiger partial charge is 0.353 e. The Bertz CT molecular complexity index is 558. The number of hydrogen-bond donors (Lipinski definition) is 1. The van der Waals surface area contributed by atoms with Gasteiger partial charge in [-0.1, -0.05) is 26.0 Å². The second kappa shape index (κ2) is 7.55. The van der Waals surface area contributed by atoms with Crippen LogP contribution in [-0.4, -0.2) is 16.9 Å². The number of benzene rings is 1. The minimum absolute atomic E-state index is 0.167. The van der Waals surface area contributed by atoms with E-state index in [0.717, 1.165) is 24.8 Å². The van der Waals surface area contributed by atoms with Crippen LogP contribution >= 0.6 is 11.3 Å². The van der Waals surface area contributed by atoms with Crippen molar-refractivity contribution in [1.29, 1.82) is 0 Å². The number of aromatic nitrogens is 1. The van der Waals surface area contributed by atoms with Crippen LogP contribution in [0.4, 0.5) is 0 Å². The Morgan fingerprint density at radius 1 is 1.24 bits per heavy atom. The fraction of sp³-hybridized carbons (Fsp3) is 0.529. The first-order chi connectivity index (χ1) is 10.1. The highest BCUT2D eigenvalue weighted by molar-refractivity contribution is 7.18. The monoisotopic (exact) mass is 304 g/mol. The van der Waals surface area contributed by atoms with Crippen molar-refractivity contribution in [3.05, 3.63) is 29.3 Å². The van der Waals surface area contributed by atoms with Gasteiger partial charge in [-0.3, -0.25) is 4.79 Å². The number of unbranched alkanes of at least 4 members (excludes halogenated alkanes) is 1. The molecular weight excluding hydrogens is 280 g/mol. The third-order valence-corrected chi connectivity index (χ3v) is 4.87. The number of rotatable bonds is 7. The van der Waals surface area contributed by atoms with E-state index in [2.05, 4.69) is 43.2 Å². The summed E-state index contributed by atoms with van der Waals surface area (Å²) >= 11 is 1.76. The van der Waals surface area contributed by atoms with E-state index in [1.807, 2.05) is 12.1 Å². The second-order valence-corrected chi connectivity index (χ2v) is 7.00. The molecule has 2 rings (SSSR count). The Kier molecular flexibility index (Phi) is 5.74. The van der Waals surface area contributed by atoms with E-state index in [1.165, 1.54) is 9.71 Å². The van der Waals surface area contributed by atoms with Gasteiger partial charge < -0.3 is 5.32 Å². The van der Waals surface area contributed by atoms with Crippen molar-refractivity contribution in [2.75, 3.05) is 0 Å². The molecule has 1 N–H and O–H groups in total. The molecule has 114 valence electrons. The molecule has 0 fully saturated rings. The fourth-order valence-corrected chi connectivity index (χ4v) is 3.09. The van der Waals surface area contributed by atoms with E-state index in [4.69, 9.17) is 0 Å². The molecule has 21 heavy (non-hydrogen) atoms. The predicted molar refractivity (Wildman–Crippen MR) is 89.6 cm³/mol. The summed E-state index contributed by atoms with van der Waals surface area (Å²) < 4.78 is 1.25. The van der Waals surface area contributed by atoms with Crippen molar-refractivity contribution in [1.82, 2.24) is 10.3 Å². The molecule has 0 bridgehead atoms. The molecule has 1 aromatic heterocycles. The molecule has 1 atom stereocenters. The molecule has 1 amide bonds. The van der Waals surface area contributed by atoms with Crippen LogP contribution in [0.1, 0.15) is 45.0 Å². The molecule has 0 spiro atoms. The molecule has 0 aliphatic carbocycles. The lowest BCUT2D eigenvalue weighted by atomic mass is 10.1. The topological polar surface area (TPSA) is 42.0 Å². The highest BCUT2D eigenvalue weighted by atomic mass is 32.1. The highest BCUT2D eigenvalue weighted by Crippen LogP contribution is 2.22. The van der Waals surface area contributed by atoms with Gasteiger partial charge in [0.1, 0.15) is 0 Å². The lowest BCUT2D eigenvalue weighted by Gasteiger charge is -2.17. The van der Waals surface area contributed by atoms with Gasteiger partial charge in [-0.15, -0.1) is 11.3 Å². The standard InChI is InChI=1S/C17H24N2OS/c1-12(2)13(3)18-16(20)10-6-7-11-17-19-14-8-4-5-9-15(14)21-17/h4-5,8-9,12-13H,6-7,10-11H2,1-3H3,(H,18,20). The number of hydrogen-bond acceptors (Lipinski definition) is 3. The zero-order valence-corrected chi connectivity index (χ0v) is 13.9. The predicted octanol–water partition coefficient (Wildman–Crippen LogP) is 4.17. The van der Waals surface area contributed by atoms with Gasteiger partial charge in [0.15, 0.2) is 0 Å². The van der Waals surface area contributed by atoms with Crippen molar-refractivity contribution in [2.45, 2.75) is 52.5 Å². The summed E-state index contributed by atoms with van der Waals surface area (Å²) in [5.74, 6) is 0.650. The fourth-order valence-electron chi connectivity index (χ4n) is 2.08. The Hall–Kier alpha value is -1.42. The molecule has 4 heteroatoms. The van der Waals surface area contributed by atoms with E-state index in [1.54, 1.807) is 11.3 Å². The number of amides is 1. The van der Waals surface area contributed by atoms with Gasteiger partial charge in [-0.2, -0.15) is 0 Å². The summed E-state index contributed by atoms with van der Waals surface area (Å²) in [7, 11) is 0. The molecular formula is C17H24N2OS. The van der Waals surface area contributed by atoms with E-state index in [0.29, 0.717) is 12.3 Å². The number of aryl methyl sites for hydroxylation is 1. The van der Waals surface area contributed by atoms with Gasteiger partial charge in [0.2, 0.25) is 5.91 Å². The van der Waals surface area contributed by atoms with Gasteiger partial charge in [0, 0.05) is 12.5 Å².